The Labute approximate surface area is 185 Å². The molecule has 1 fully saturated rings. The summed E-state index contributed by atoms with van der Waals surface area (Å²) in [5, 5.41) is 12.8. The third-order valence-corrected chi connectivity index (χ3v) is 5.68. The summed E-state index contributed by atoms with van der Waals surface area (Å²) in [7, 11) is 0. The van der Waals surface area contributed by atoms with Gasteiger partial charge in [0.1, 0.15) is 17.3 Å². The zero-order chi connectivity index (χ0) is 21.8. The second kappa shape index (κ2) is 9.32. The van der Waals surface area contributed by atoms with E-state index in [1.54, 1.807) is 48.7 Å². The molecule has 2 heterocycles. The Morgan fingerprint density at radius 2 is 1.84 bits per heavy atom. The number of rotatable bonds is 6. The van der Waals surface area contributed by atoms with Crippen LogP contribution in [-0.4, -0.2) is 52.1 Å². The quantitative estimate of drug-likeness (QED) is 0.544. The molecule has 0 bridgehead atoms. The number of hydrogen-bond acceptors (Lipinski definition) is 6. The van der Waals surface area contributed by atoms with Crippen molar-refractivity contribution in [3.8, 4) is 28.3 Å². The number of aromatic nitrogens is 2. The maximum absolute atomic E-state index is 12.5. The summed E-state index contributed by atoms with van der Waals surface area (Å²) in [6, 6.07) is 11.8. The number of aromatic hydroxyl groups is 1. The van der Waals surface area contributed by atoms with Crippen LogP contribution in [0.4, 0.5) is 5.82 Å². The maximum atomic E-state index is 12.5. The molecule has 1 aromatic heterocycles. The molecule has 0 aliphatic carbocycles. The fourth-order valence-corrected chi connectivity index (χ4v) is 3.92. The summed E-state index contributed by atoms with van der Waals surface area (Å²) in [6.45, 7) is 3.64. The minimum Gasteiger partial charge on any atom is -0.508 e. The van der Waals surface area contributed by atoms with E-state index < -0.39 is 0 Å². The number of carbonyl (C=O) groups excluding carboxylic acids is 1. The van der Waals surface area contributed by atoms with Gasteiger partial charge in [-0.1, -0.05) is 17.7 Å². The van der Waals surface area contributed by atoms with Gasteiger partial charge >= 0.3 is 0 Å². The van der Waals surface area contributed by atoms with Crippen molar-refractivity contribution >= 4 is 23.3 Å². The molecule has 4 N–H and O–H groups in total. The Hall–Kier alpha value is -3.16. The first-order chi connectivity index (χ1) is 15.0. The molecule has 0 spiro atoms. The molecule has 0 unspecified atom stereocenters. The topological polar surface area (TPSA) is 104 Å². The molecule has 7 nitrogen and oxygen atoms in total. The highest BCUT2D eigenvalue weighted by Crippen LogP contribution is 2.29. The smallest absolute Gasteiger partial charge is 0.252 e. The van der Waals surface area contributed by atoms with Crippen LogP contribution in [0.2, 0.25) is 5.02 Å². The molecule has 4 rings (SSSR count). The zero-order valence-electron chi connectivity index (χ0n) is 17.0. The van der Waals surface area contributed by atoms with Gasteiger partial charge < -0.3 is 21.1 Å². The van der Waals surface area contributed by atoms with E-state index in [-0.39, 0.29) is 17.5 Å². The van der Waals surface area contributed by atoms with Gasteiger partial charge in [0.15, 0.2) is 0 Å². The summed E-state index contributed by atoms with van der Waals surface area (Å²) >= 11 is 6.41. The fourth-order valence-electron chi connectivity index (χ4n) is 3.66. The number of nitrogens with one attached hydrogen (secondary N) is 1. The van der Waals surface area contributed by atoms with Gasteiger partial charge in [-0.15, -0.1) is 0 Å². The SMILES string of the molecule is Nc1ncc(-c2ccc(C(=O)NCCN3CCCC3)c(Cl)c2)nc1-c1ccc(O)cc1. The lowest BCUT2D eigenvalue weighted by Crippen LogP contribution is -2.33. The van der Waals surface area contributed by atoms with Crippen molar-refractivity contribution in [2.75, 3.05) is 31.9 Å². The number of nitrogen functional groups attached to an aromatic ring is 1. The monoisotopic (exact) mass is 437 g/mol. The molecule has 160 valence electrons. The van der Waals surface area contributed by atoms with Crippen LogP contribution >= 0.6 is 11.6 Å². The Morgan fingerprint density at radius 3 is 2.55 bits per heavy atom. The number of phenolic OH excluding ortho intramolecular Hbond substituents is 1. The number of hydrogen-bond donors (Lipinski definition) is 3. The number of nitrogens with zero attached hydrogens (tertiary/aromatic N) is 3. The summed E-state index contributed by atoms with van der Waals surface area (Å²) in [5.41, 5.74) is 8.99. The molecule has 1 saturated heterocycles. The number of carbonyl (C=O) groups is 1. The van der Waals surface area contributed by atoms with Crippen LogP contribution in [0.5, 0.6) is 5.75 Å². The maximum Gasteiger partial charge on any atom is 0.252 e. The van der Waals surface area contributed by atoms with Crippen LogP contribution in [-0.2, 0) is 0 Å². The first-order valence-electron chi connectivity index (χ1n) is 10.2. The number of likely N-dealkylation sites (tertiary alicyclic amines) is 1. The van der Waals surface area contributed by atoms with Crippen molar-refractivity contribution in [2.24, 2.45) is 0 Å². The lowest BCUT2D eigenvalue weighted by molar-refractivity contribution is 0.0950. The minimum absolute atomic E-state index is 0.160. The molecule has 1 aliphatic rings. The Balaban J connectivity index is 1.50. The molecule has 1 aliphatic heterocycles. The van der Waals surface area contributed by atoms with Crippen molar-refractivity contribution in [1.29, 1.82) is 0 Å². The molecule has 31 heavy (non-hydrogen) atoms. The summed E-state index contributed by atoms with van der Waals surface area (Å²) in [5.74, 6) is 0.256. The van der Waals surface area contributed by atoms with E-state index >= 15 is 0 Å². The average Bonchev–Trinajstić information content (AvgIpc) is 3.28. The van der Waals surface area contributed by atoms with Crippen LogP contribution < -0.4 is 11.1 Å². The average molecular weight is 438 g/mol. The lowest BCUT2D eigenvalue weighted by atomic mass is 10.1. The first-order valence-corrected chi connectivity index (χ1v) is 10.6. The van der Waals surface area contributed by atoms with Gasteiger partial charge in [0.05, 0.1) is 22.5 Å². The largest absolute Gasteiger partial charge is 0.508 e. The predicted molar refractivity (Wildman–Crippen MR) is 122 cm³/mol. The Morgan fingerprint density at radius 1 is 1.13 bits per heavy atom. The third-order valence-electron chi connectivity index (χ3n) is 5.36. The van der Waals surface area contributed by atoms with Gasteiger partial charge in [-0.3, -0.25) is 4.79 Å². The fraction of sp³-hybridized carbons (Fsp3) is 0.261. The van der Waals surface area contributed by atoms with Gasteiger partial charge in [-0.2, -0.15) is 0 Å². The van der Waals surface area contributed by atoms with Crippen LogP contribution in [0, 0.1) is 0 Å². The second-order valence-corrected chi connectivity index (χ2v) is 7.94. The number of nitrogens with two attached hydrogens (primary N) is 1. The third kappa shape index (κ3) is 4.95. The van der Waals surface area contributed by atoms with Crippen LogP contribution in [0.1, 0.15) is 23.2 Å². The highest BCUT2D eigenvalue weighted by Gasteiger charge is 2.15. The van der Waals surface area contributed by atoms with E-state index in [4.69, 9.17) is 17.3 Å². The van der Waals surface area contributed by atoms with Gasteiger partial charge in [0, 0.05) is 24.2 Å². The standard InChI is InChI=1S/C23H24ClN5O2/c24-19-13-16(5-8-18(19)23(31)26-9-12-29-10-1-2-11-29)20-14-27-22(25)21(28-20)15-3-6-17(30)7-4-15/h3-8,13-14,30H,1-2,9-12H2,(H2,25,27)(H,26,31). The predicted octanol–water partition coefficient (Wildman–Crippen LogP) is 3.58. The van der Waals surface area contributed by atoms with Crippen molar-refractivity contribution in [3.63, 3.8) is 0 Å². The van der Waals surface area contributed by atoms with Crippen LogP contribution in [0.25, 0.3) is 22.5 Å². The number of phenols is 1. The molecule has 0 saturated carbocycles. The van der Waals surface area contributed by atoms with Crippen LogP contribution in [0.3, 0.4) is 0 Å². The van der Waals surface area contributed by atoms with Gasteiger partial charge in [0.2, 0.25) is 0 Å². The number of anilines is 1. The van der Waals surface area contributed by atoms with E-state index in [1.165, 1.54) is 12.8 Å². The molecule has 2 aromatic carbocycles. The van der Waals surface area contributed by atoms with Gasteiger partial charge in [0.25, 0.3) is 5.91 Å². The molecule has 8 heteroatoms. The van der Waals surface area contributed by atoms with Crippen molar-refractivity contribution in [3.05, 3.63) is 59.2 Å². The summed E-state index contributed by atoms with van der Waals surface area (Å²) < 4.78 is 0. The highest BCUT2D eigenvalue weighted by atomic mass is 35.5. The zero-order valence-corrected chi connectivity index (χ0v) is 17.8. The summed E-state index contributed by atoms with van der Waals surface area (Å²) in [4.78, 5) is 23.7. The van der Waals surface area contributed by atoms with Crippen molar-refractivity contribution in [1.82, 2.24) is 20.2 Å². The first kappa shape index (κ1) is 21.1. The second-order valence-electron chi connectivity index (χ2n) is 7.54. The van der Waals surface area contributed by atoms with Gasteiger partial charge in [-0.05, 0) is 62.3 Å². The van der Waals surface area contributed by atoms with E-state index in [1.807, 2.05) is 0 Å². The molecule has 3 aromatic rings. The summed E-state index contributed by atoms with van der Waals surface area (Å²) in [6.07, 6.45) is 4.02. The molecular weight excluding hydrogens is 414 g/mol. The van der Waals surface area contributed by atoms with E-state index in [9.17, 15) is 9.90 Å². The Bertz CT molecular complexity index is 1080. The number of benzene rings is 2. The molecular formula is C23H24ClN5O2. The van der Waals surface area contributed by atoms with Gasteiger partial charge in [-0.25, -0.2) is 9.97 Å². The van der Waals surface area contributed by atoms with Crippen molar-refractivity contribution in [2.45, 2.75) is 12.8 Å². The molecule has 1 amide bonds. The minimum atomic E-state index is -0.191. The van der Waals surface area contributed by atoms with Crippen LogP contribution in [0.15, 0.2) is 48.7 Å². The van der Waals surface area contributed by atoms with E-state index in [2.05, 4.69) is 20.2 Å². The number of halogens is 1. The highest BCUT2D eigenvalue weighted by molar-refractivity contribution is 6.34. The van der Waals surface area contributed by atoms with E-state index in [0.29, 0.717) is 28.5 Å². The lowest BCUT2D eigenvalue weighted by Gasteiger charge is -2.15. The molecule has 0 radical (unpaired) electrons. The van der Waals surface area contributed by atoms with Crippen molar-refractivity contribution < 1.29 is 9.90 Å². The normalized spacial score (nSPS) is 14.0. The molecule has 0 atom stereocenters. The Kier molecular flexibility index (Phi) is 6.34. The number of amides is 1. The van der Waals surface area contributed by atoms with E-state index in [0.717, 1.165) is 30.8 Å².